The topological polar surface area (TPSA) is 107 Å². The minimum Gasteiger partial charge on any atom is -0.507 e. The Morgan fingerprint density at radius 2 is 1.61 bits per heavy atom. The summed E-state index contributed by atoms with van der Waals surface area (Å²) < 4.78 is 28.2. The van der Waals surface area contributed by atoms with Crippen LogP contribution in [-0.2, 0) is 0 Å². The fourth-order valence-electron chi connectivity index (χ4n) is 2.64. The van der Waals surface area contributed by atoms with Crippen molar-refractivity contribution >= 4 is 28.2 Å². The molecule has 0 atom stereocenters. The van der Waals surface area contributed by atoms with E-state index >= 15 is 0 Å². The van der Waals surface area contributed by atoms with E-state index in [4.69, 9.17) is 0 Å². The maximum atomic E-state index is 14.3. The predicted octanol–water partition coefficient (Wildman–Crippen LogP) is 4.36. The second kappa shape index (κ2) is 7.28. The first-order valence-electron chi connectivity index (χ1n) is 7.84. The van der Waals surface area contributed by atoms with Crippen LogP contribution in [0.3, 0.4) is 0 Å². The van der Waals surface area contributed by atoms with Crippen LogP contribution >= 0.6 is 11.3 Å². The molecule has 2 aromatic carbocycles. The molecule has 0 spiro atoms. The molecular weight excluding hydrogens is 392 g/mol. The molecule has 0 saturated carbocycles. The van der Waals surface area contributed by atoms with E-state index < -0.39 is 46.1 Å². The second-order valence-electron chi connectivity index (χ2n) is 5.84. The number of thiophene rings is 1. The standard InChI is InChI=1S/C19H13F2NO5S/c1-8-5-6-9(16(21)15(8)20)10-7-28-18(13(10)19(26)27)22-17(25)14-11(23)3-2-4-12(14)24/h2-7,23-24H,1H3,(H,22,25)(H,26,27). The first kappa shape index (κ1) is 19.3. The van der Waals surface area contributed by atoms with Gasteiger partial charge in [-0.15, -0.1) is 11.3 Å². The number of carboxylic acid groups (broad SMARTS) is 1. The quantitative estimate of drug-likeness (QED) is 0.516. The summed E-state index contributed by atoms with van der Waals surface area (Å²) >= 11 is 0.788. The lowest BCUT2D eigenvalue weighted by atomic mass is 10.0. The van der Waals surface area contributed by atoms with Crippen LogP contribution < -0.4 is 5.32 Å². The van der Waals surface area contributed by atoms with Crippen LogP contribution in [0.1, 0.15) is 26.3 Å². The van der Waals surface area contributed by atoms with Crippen molar-refractivity contribution in [1.29, 1.82) is 0 Å². The number of nitrogens with one attached hydrogen (secondary N) is 1. The van der Waals surface area contributed by atoms with E-state index in [1.165, 1.54) is 42.6 Å². The van der Waals surface area contributed by atoms with Gasteiger partial charge in [0.05, 0.1) is 0 Å². The number of phenolic OH excluding ortho intramolecular Hbond substituents is 2. The third kappa shape index (κ3) is 3.27. The maximum Gasteiger partial charge on any atom is 0.339 e. The number of aromatic hydroxyl groups is 2. The number of anilines is 1. The number of rotatable bonds is 4. The molecule has 0 fully saturated rings. The molecule has 0 unspecified atom stereocenters. The van der Waals surface area contributed by atoms with Crippen LogP contribution in [0.15, 0.2) is 35.7 Å². The highest BCUT2D eigenvalue weighted by molar-refractivity contribution is 7.15. The molecule has 0 aliphatic heterocycles. The number of amides is 1. The van der Waals surface area contributed by atoms with Crippen LogP contribution in [0.25, 0.3) is 11.1 Å². The lowest BCUT2D eigenvalue weighted by Gasteiger charge is -2.09. The van der Waals surface area contributed by atoms with Crippen molar-refractivity contribution in [1.82, 2.24) is 0 Å². The molecule has 0 bridgehead atoms. The highest BCUT2D eigenvalue weighted by Crippen LogP contribution is 2.38. The number of aryl methyl sites for hydroxylation is 1. The minimum absolute atomic E-state index is 0.0666. The molecule has 3 rings (SSSR count). The number of phenols is 2. The fraction of sp³-hybridized carbons (Fsp3) is 0.0526. The Kier molecular flexibility index (Phi) is 5.02. The average molecular weight is 405 g/mol. The third-order valence-electron chi connectivity index (χ3n) is 4.05. The molecule has 0 aliphatic rings. The largest absolute Gasteiger partial charge is 0.507 e. The Labute approximate surface area is 161 Å². The minimum atomic E-state index is -1.46. The Hall–Kier alpha value is -3.46. The molecule has 0 aliphatic carbocycles. The normalized spacial score (nSPS) is 10.7. The van der Waals surface area contributed by atoms with Gasteiger partial charge in [0.2, 0.25) is 0 Å². The first-order valence-corrected chi connectivity index (χ1v) is 8.72. The van der Waals surface area contributed by atoms with E-state index in [1.54, 1.807) is 0 Å². The summed E-state index contributed by atoms with van der Waals surface area (Å²) in [5.41, 5.74) is -1.18. The molecule has 0 saturated heterocycles. The lowest BCUT2D eigenvalue weighted by Crippen LogP contribution is -2.14. The van der Waals surface area contributed by atoms with Crippen LogP contribution in [0.5, 0.6) is 11.5 Å². The zero-order valence-electron chi connectivity index (χ0n) is 14.3. The summed E-state index contributed by atoms with van der Waals surface area (Å²) in [7, 11) is 0. The molecular formula is C19H13F2NO5S. The molecule has 3 aromatic rings. The average Bonchev–Trinajstić information content (AvgIpc) is 3.03. The van der Waals surface area contributed by atoms with Crippen LogP contribution in [0.2, 0.25) is 0 Å². The number of halogens is 2. The summed E-state index contributed by atoms with van der Waals surface area (Å²) in [5.74, 6) is -5.72. The van der Waals surface area contributed by atoms with Crippen molar-refractivity contribution in [2.24, 2.45) is 0 Å². The zero-order valence-corrected chi connectivity index (χ0v) is 15.1. The smallest absolute Gasteiger partial charge is 0.339 e. The van der Waals surface area contributed by atoms with Gasteiger partial charge in [0.15, 0.2) is 11.6 Å². The molecule has 28 heavy (non-hydrogen) atoms. The number of hydrogen-bond acceptors (Lipinski definition) is 5. The fourth-order valence-corrected chi connectivity index (χ4v) is 3.59. The van der Waals surface area contributed by atoms with Gasteiger partial charge in [-0.2, -0.15) is 0 Å². The van der Waals surface area contributed by atoms with E-state index in [0.717, 1.165) is 11.3 Å². The lowest BCUT2D eigenvalue weighted by molar-refractivity contribution is 0.0699. The van der Waals surface area contributed by atoms with Gasteiger partial charge in [0.1, 0.15) is 27.6 Å². The first-order chi connectivity index (χ1) is 13.2. The summed E-state index contributed by atoms with van der Waals surface area (Å²) in [4.78, 5) is 24.1. The Morgan fingerprint density at radius 1 is 0.964 bits per heavy atom. The van der Waals surface area contributed by atoms with Crippen molar-refractivity contribution in [3.63, 3.8) is 0 Å². The number of benzene rings is 2. The van der Waals surface area contributed by atoms with Crippen molar-refractivity contribution in [2.75, 3.05) is 5.32 Å². The molecule has 4 N–H and O–H groups in total. The number of carbonyl (C=O) groups excluding carboxylic acids is 1. The van der Waals surface area contributed by atoms with Crippen LogP contribution in [-0.4, -0.2) is 27.2 Å². The Bertz CT molecular complexity index is 1090. The summed E-state index contributed by atoms with van der Waals surface area (Å²) in [5, 5.41) is 32.5. The molecule has 9 heteroatoms. The van der Waals surface area contributed by atoms with Crippen molar-refractivity contribution in [3.8, 4) is 22.6 Å². The number of carbonyl (C=O) groups is 2. The molecule has 144 valence electrons. The SMILES string of the molecule is Cc1ccc(-c2csc(NC(=O)c3c(O)cccc3O)c2C(=O)O)c(F)c1F. The van der Waals surface area contributed by atoms with E-state index in [-0.39, 0.29) is 21.7 Å². The summed E-state index contributed by atoms with van der Waals surface area (Å²) in [6.45, 7) is 1.37. The second-order valence-corrected chi connectivity index (χ2v) is 6.72. The van der Waals surface area contributed by atoms with Gasteiger partial charge in [-0.3, -0.25) is 4.79 Å². The molecule has 1 heterocycles. The van der Waals surface area contributed by atoms with E-state index in [2.05, 4.69) is 5.32 Å². The van der Waals surface area contributed by atoms with Crippen molar-refractivity contribution < 1.29 is 33.7 Å². The van der Waals surface area contributed by atoms with Crippen molar-refractivity contribution in [3.05, 3.63) is 64.0 Å². The number of aromatic carboxylic acids is 1. The van der Waals surface area contributed by atoms with Crippen LogP contribution in [0.4, 0.5) is 13.8 Å². The van der Waals surface area contributed by atoms with E-state index in [0.29, 0.717) is 0 Å². The van der Waals surface area contributed by atoms with Crippen LogP contribution in [0, 0.1) is 18.6 Å². The summed E-state index contributed by atoms with van der Waals surface area (Å²) in [6.07, 6.45) is 0. The van der Waals surface area contributed by atoms with Gasteiger partial charge in [0, 0.05) is 16.5 Å². The van der Waals surface area contributed by atoms with E-state index in [1.807, 2.05) is 0 Å². The monoisotopic (exact) mass is 405 g/mol. The van der Waals surface area contributed by atoms with E-state index in [9.17, 15) is 33.7 Å². The van der Waals surface area contributed by atoms with Gasteiger partial charge in [-0.25, -0.2) is 13.6 Å². The predicted molar refractivity (Wildman–Crippen MR) is 99.1 cm³/mol. The molecule has 1 amide bonds. The highest BCUT2D eigenvalue weighted by atomic mass is 32.1. The molecule has 1 aromatic heterocycles. The van der Waals surface area contributed by atoms with Gasteiger partial charge in [-0.05, 0) is 24.6 Å². The Balaban J connectivity index is 2.07. The number of hydrogen-bond donors (Lipinski definition) is 4. The number of carboxylic acids is 1. The summed E-state index contributed by atoms with van der Waals surface area (Å²) in [6, 6.07) is 6.24. The highest BCUT2D eigenvalue weighted by Gasteiger charge is 2.26. The maximum absolute atomic E-state index is 14.3. The van der Waals surface area contributed by atoms with Gasteiger partial charge < -0.3 is 20.6 Å². The van der Waals surface area contributed by atoms with Crippen molar-refractivity contribution in [2.45, 2.75) is 6.92 Å². The van der Waals surface area contributed by atoms with Gasteiger partial charge in [0.25, 0.3) is 5.91 Å². The van der Waals surface area contributed by atoms with Gasteiger partial charge >= 0.3 is 5.97 Å². The molecule has 6 nitrogen and oxygen atoms in total. The Morgan fingerprint density at radius 3 is 2.21 bits per heavy atom. The zero-order chi connectivity index (χ0) is 20.6. The molecule has 0 radical (unpaired) electrons. The third-order valence-corrected chi connectivity index (χ3v) is 4.94. The van der Waals surface area contributed by atoms with Gasteiger partial charge in [-0.1, -0.05) is 18.2 Å².